The number of nitrogens with two attached hydrogens (primary N) is 1. The molecule has 18 heavy (non-hydrogen) atoms. The van der Waals surface area contributed by atoms with Gasteiger partial charge in [0.2, 0.25) is 0 Å². The van der Waals surface area contributed by atoms with Gasteiger partial charge in [-0.1, -0.05) is 24.3 Å². The van der Waals surface area contributed by atoms with Crippen LogP contribution in [0.1, 0.15) is 37.3 Å². The van der Waals surface area contributed by atoms with Crippen LogP contribution in [0.4, 0.5) is 0 Å². The molecule has 0 atom stereocenters. The molecule has 3 heteroatoms. The first-order valence-corrected chi connectivity index (χ1v) is 6.69. The molecule has 0 aliphatic carbocycles. The quantitative estimate of drug-likeness (QED) is 0.569. The molecule has 1 aromatic rings. The number of rotatable bonds is 8. The van der Waals surface area contributed by atoms with Crippen LogP contribution < -0.4 is 5.73 Å². The van der Waals surface area contributed by atoms with Gasteiger partial charge < -0.3 is 10.5 Å². The van der Waals surface area contributed by atoms with Crippen LogP contribution in [0, 0.1) is 0 Å². The van der Waals surface area contributed by atoms with Crippen LogP contribution in [0.5, 0.6) is 0 Å². The fraction of sp³-hybridized carbons (Fsp3) is 0.533. The summed E-state index contributed by atoms with van der Waals surface area (Å²) in [5.41, 5.74) is 8.11. The van der Waals surface area contributed by atoms with E-state index in [0.717, 1.165) is 25.7 Å². The highest BCUT2D eigenvalue weighted by Crippen LogP contribution is 2.09. The molecule has 2 N–H and O–H groups in total. The summed E-state index contributed by atoms with van der Waals surface area (Å²) in [5.74, 6) is -0.0872. The lowest BCUT2D eigenvalue weighted by Crippen LogP contribution is -2.03. The van der Waals surface area contributed by atoms with Gasteiger partial charge in [0.25, 0.3) is 0 Å². The maximum atomic E-state index is 11.1. The minimum Gasteiger partial charge on any atom is -0.466 e. The van der Waals surface area contributed by atoms with E-state index in [9.17, 15) is 4.79 Å². The highest BCUT2D eigenvalue weighted by atomic mass is 16.5. The fourth-order valence-electron chi connectivity index (χ4n) is 1.87. The maximum Gasteiger partial charge on any atom is 0.305 e. The zero-order valence-electron chi connectivity index (χ0n) is 11.2. The first-order valence-electron chi connectivity index (χ1n) is 6.69. The van der Waals surface area contributed by atoms with Crippen molar-refractivity contribution in [3.63, 3.8) is 0 Å². The molecule has 0 saturated carbocycles. The van der Waals surface area contributed by atoms with Gasteiger partial charge in [0.05, 0.1) is 6.61 Å². The van der Waals surface area contributed by atoms with Gasteiger partial charge >= 0.3 is 5.97 Å². The van der Waals surface area contributed by atoms with Crippen molar-refractivity contribution < 1.29 is 9.53 Å². The molecule has 0 radical (unpaired) electrons. The average molecular weight is 249 g/mol. The standard InChI is InChI=1S/C15H23NO2/c1-2-18-15(17)6-4-3-5-13-7-9-14(10-8-13)11-12-16/h7-10H,2-6,11-12,16H2,1H3. The number of unbranched alkanes of at least 4 members (excludes halogenated alkanes) is 1. The van der Waals surface area contributed by atoms with Crippen molar-refractivity contribution in [2.45, 2.75) is 39.0 Å². The van der Waals surface area contributed by atoms with E-state index in [2.05, 4.69) is 24.3 Å². The Balaban J connectivity index is 2.21. The summed E-state index contributed by atoms with van der Waals surface area (Å²) >= 11 is 0. The second-order valence-corrected chi connectivity index (χ2v) is 4.37. The van der Waals surface area contributed by atoms with Crippen molar-refractivity contribution in [1.29, 1.82) is 0 Å². The van der Waals surface area contributed by atoms with E-state index < -0.39 is 0 Å². The van der Waals surface area contributed by atoms with E-state index in [-0.39, 0.29) is 5.97 Å². The Bertz CT molecular complexity index is 346. The third-order valence-electron chi connectivity index (χ3n) is 2.86. The number of carbonyl (C=O) groups is 1. The molecule has 1 aromatic carbocycles. The number of aryl methyl sites for hydroxylation is 1. The van der Waals surface area contributed by atoms with Gasteiger partial charge in [-0.3, -0.25) is 4.79 Å². The summed E-state index contributed by atoms with van der Waals surface area (Å²) in [4.78, 5) is 11.1. The van der Waals surface area contributed by atoms with E-state index in [1.807, 2.05) is 6.92 Å². The number of hydrogen-bond donors (Lipinski definition) is 1. The molecule has 0 aliphatic heterocycles. The maximum absolute atomic E-state index is 11.1. The zero-order chi connectivity index (χ0) is 13.2. The molecule has 3 nitrogen and oxygen atoms in total. The highest BCUT2D eigenvalue weighted by Gasteiger charge is 2.01. The average Bonchev–Trinajstić information content (AvgIpc) is 2.37. The third kappa shape index (κ3) is 5.82. The lowest BCUT2D eigenvalue weighted by Gasteiger charge is -2.04. The van der Waals surface area contributed by atoms with Crippen LogP contribution in [0.3, 0.4) is 0 Å². The number of carbonyl (C=O) groups excluding carboxylic acids is 1. The monoisotopic (exact) mass is 249 g/mol. The van der Waals surface area contributed by atoms with Gasteiger partial charge in [0.1, 0.15) is 0 Å². The van der Waals surface area contributed by atoms with Crippen LogP contribution in [0.25, 0.3) is 0 Å². The van der Waals surface area contributed by atoms with E-state index in [1.165, 1.54) is 11.1 Å². The van der Waals surface area contributed by atoms with Gasteiger partial charge in [-0.2, -0.15) is 0 Å². The Hall–Kier alpha value is -1.35. The van der Waals surface area contributed by atoms with Crippen molar-refractivity contribution >= 4 is 5.97 Å². The van der Waals surface area contributed by atoms with Crippen LogP contribution in [0.15, 0.2) is 24.3 Å². The van der Waals surface area contributed by atoms with Gasteiger partial charge in [-0.25, -0.2) is 0 Å². The van der Waals surface area contributed by atoms with Crippen LogP contribution in [-0.2, 0) is 22.4 Å². The topological polar surface area (TPSA) is 52.3 Å². The third-order valence-corrected chi connectivity index (χ3v) is 2.86. The molecule has 0 saturated heterocycles. The van der Waals surface area contributed by atoms with Crippen LogP contribution in [-0.4, -0.2) is 19.1 Å². The summed E-state index contributed by atoms with van der Waals surface area (Å²) in [6, 6.07) is 8.56. The minimum absolute atomic E-state index is 0.0872. The molecule has 0 aliphatic rings. The number of hydrogen-bond acceptors (Lipinski definition) is 3. The van der Waals surface area contributed by atoms with E-state index in [1.54, 1.807) is 0 Å². The lowest BCUT2D eigenvalue weighted by atomic mass is 10.0. The molecular weight excluding hydrogens is 226 g/mol. The molecule has 0 aromatic heterocycles. The SMILES string of the molecule is CCOC(=O)CCCCc1ccc(CCN)cc1. The molecule has 0 unspecified atom stereocenters. The van der Waals surface area contributed by atoms with Gasteiger partial charge in [0.15, 0.2) is 0 Å². The Kier molecular flexibility index (Phi) is 7.11. The normalized spacial score (nSPS) is 10.3. The van der Waals surface area contributed by atoms with Crippen molar-refractivity contribution in [2.75, 3.05) is 13.2 Å². The van der Waals surface area contributed by atoms with Crippen molar-refractivity contribution in [1.82, 2.24) is 0 Å². The van der Waals surface area contributed by atoms with Gasteiger partial charge in [-0.05, 0) is 50.3 Å². The molecule has 0 amide bonds. The molecule has 0 spiro atoms. The van der Waals surface area contributed by atoms with Crippen molar-refractivity contribution in [2.24, 2.45) is 5.73 Å². The summed E-state index contributed by atoms with van der Waals surface area (Å²) in [6.45, 7) is 3.00. The second-order valence-electron chi connectivity index (χ2n) is 4.37. The van der Waals surface area contributed by atoms with E-state index in [4.69, 9.17) is 10.5 Å². The second kappa shape index (κ2) is 8.70. The van der Waals surface area contributed by atoms with Crippen LogP contribution >= 0.6 is 0 Å². The van der Waals surface area contributed by atoms with Crippen molar-refractivity contribution in [3.05, 3.63) is 35.4 Å². The predicted octanol–water partition coefficient (Wildman–Crippen LogP) is 2.46. The Morgan fingerprint density at radius 3 is 2.28 bits per heavy atom. The number of esters is 1. The molecule has 1 rings (SSSR count). The first-order chi connectivity index (χ1) is 8.76. The highest BCUT2D eigenvalue weighted by molar-refractivity contribution is 5.69. The molecular formula is C15H23NO2. The molecule has 0 heterocycles. The van der Waals surface area contributed by atoms with E-state index in [0.29, 0.717) is 19.6 Å². The largest absolute Gasteiger partial charge is 0.466 e. The predicted molar refractivity (Wildman–Crippen MR) is 73.4 cm³/mol. The smallest absolute Gasteiger partial charge is 0.305 e. The summed E-state index contributed by atoms with van der Waals surface area (Å²) < 4.78 is 4.89. The zero-order valence-corrected chi connectivity index (χ0v) is 11.2. The van der Waals surface area contributed by atoms with Crippen LogP contribution in [0.2, 0.25) is 0 Å². The Morgan fingerprint density at radius 2 is 1.72 bits per heavy atom. The van der Waals surface area contributed by atoms with Gasteiger partial charge in [-0.15, -0.1) is 0 Å². The Morgan fingerprint density at radius 1 is 1.11 bits per heavy atom. The summed E-state index contributed by atoms with van der Waals surface area (Å²) in [6.07, 6.45) is 4.39. The number of ether oxygens (including phenoxy) is 1. The molecule has 0 fully saturated rings. The molecule has 100 valence electrons. The van der Waals surface area contributed by atoms with Gasteiger partial charge in [0, 0.05) is 6.42 Å². The van der Waals surface area contributed by atoms with E-state index >= 15 is 0 Å². The summed E-state index contributed by atoms with van der Waals surface area (Å²) in [7, 11) is 0. The minimum atomic E-state index is -0.0872. The first kappa shape index (κ1) is 14.7. The summed E-state index contributed by atoms with van der Waals surface area (Å²) in [5, 5.41) is 0. The number of benzene rings is 1. The fourth-order valence-corrected chi connectivity index (χ4v) is 1.87. The molecule has 0 bridgehead atoms. The Labute approximate surface area is 109 Å². The lowest BCUT2D eigenvalue weighted by molar-refractivity contribution is -0.143. The van der Waals surface area contributed by atoms with Crippen molar-refractivity contribution in [3.8, 4) is 0 Å².